The molecule has 110 valence electrons. The van der Waals surface area contributed by atoms with Gasteiger partial charge in [-0.3, -0.25) is 14.7 Å². The molecule has 1 fully saturated rings. The minimum absolute atomic E-state index is 0.0294. The molecule has 1 aromatic carbocycles. The van der Waals surface area contributed by atoms with E-state index in [-0.39, 0.29) is 24.4 Å². The van der Waals surface area contributed by atoms with Crippen molar-refractivity contribution in [3.8, 4) is 0 Å². The smallest absolute Gasteiger partial charge is 0.163 e. The van der Waals surface area contributed by atoms with Gasteiger partial charge in [-0.05, 0) is 24.0 Å². The summed E-state index contributed by atoms with van der Waals surface area (Å²) in [5.74, 6) is 0.879. The summed E-state index contributed by atoms with van der Waals surface area (Å²) in [6.07, 6.45) is 5.29. The molecular weight excluding hydrogens is 276 g/mol. The van der Waals surface area contributed by atoms with E-state index < -0.39 is 0 Å². The van der Waals surface area contributed by atoms with Crippen molar-refractivity contribution in [1.29, 1.82) is 0 Å². The summed E-state index contributed by atoms with van der Waals surface area (Å²) in [6, 6.07) is 9.15. The molecule has 2 aliphatic rings. The fourth-order valence-corrected chi connectivity index (χ4v) is 3.28. The number of carbonyl (C=O) groups excluding carboxylic acids is 2. The summed E-state index contributed by atoms with van der Waals surface area (Å²) in [6.45, 7) is 0. The van der Waals surface area contributed by atoms with E-state index in [0.29, 0.717) is 17.4 Å². The molecule has 0 saturated heterocycles. The first-order valence-electron chi connectivity index (χ1n) is 7.60. The summed E-state index contributed by atoms with van der Waals surface area (Å²) >= 11 is 0. The average Bonchev–Trinajstić information content (AvgIpc) is 3.22. The lowest BCUT2D eigenvalue weighted by atomic mass is 9.92. The number of nitrogens with zero attached hydrogens (tertiary/aromatic N) is 1. The van der Waals surface area contributed by atoms with E-state index in [1.807, 2.05) is 24.3 Å². The summed E-state index contributed by atoms with van der Waals surface area (Å²) in [7, 11) is 0. The van der Waals surface area contributed by atoms with E-state index in [1.165, 1.54) is 0 Å². The van der Waals surface area contributed by atoms with E-state index in [0.717, 1.165) is 23.3 Å². The Labute approximate surface area is 128 Å². The van der Waals surface area contributed by atoms with Gasteiger partial charge < -0.3 is 0 Å². The SMILES string of the molecule is O=C(CCC(=O)c1ccccc1)C1=Cc2cn[nH]c2C2CC12. The van der Waals surface area contributed by atoms with Crippen molar-refractivity contribution >= 4 is 17.6 Å². The Morgan fingerprint density at radius 2 is 1.86 bits per heavy atom. The van der Waals surface area contributed by atoms with Crippen LogP contribution in [0.1, 0.15) is 46.8 Å². The van der Waals surface area contributed by atoms with Gasteiger partial charge in [-0.15, -0.1) is 0 Å². The van der Waals surface area contributed by atoms with Crippen LogP contribution in [-0.4, -0.2) is 21.8 Å². The minimum Gasteiger partial charge on any atom is -0.295 e. The van der Waals surface area contributed by atoms with Crippen molar-refractivity contribution in [1.82, 2.24) is 10.2 Å². The molecule has 1 N–H and O–H groups in total. The van der Waals surface area contributed by atoms with Gasteiger partial charge in [0.1, 0.15) is 0 Å². The molecule has 1 saturated carbocycles. The molecule has 4 nitrogen and oxygen atoms in total. The molecule has 2 aromatic rings. The number of hydrogen-bond acceptors (Lipinski definition) is 3. The van der Waals surface area contributed by atoms with Gasteiger partial charge >= 0.3 is 0 Å². The molecule has 2 atom stereocenters. The molecule has 22 heavy (non-hydrogen) atoms. The van der Waals surface area contributed by atoms with Crippen LogP contribution < -0.4 is 0 Å². The third kappa shape index (κ3) is 2.21. The number of ketones is 2. The van der Waals surface area contributed by atoms with Crippen LogP contribution in [0.5, 0.6) is 0 Å². The molecule has 0 aliphatic heterocycles. The standard InChI is InChI=1S/C18H16N2O2/c21-16(11-4-2-1-3-5-11)6-7-17(22)14-8-12-10-19-20-18(12)15-9-13(14)15/h1-5,8,10,13,15H,6-7,9H2,(H,19,20). The largest absolute Gasteiger partial charge is 0.295 e. The monoisotopic (exact) mass is 292 g/mol. The number of nitrogens with one attached hydrogen (secondary N) is 1. The number of rotatable bonds is 5. The first-order chi connectivity index (χ1) is 10.7. The zero-order valence-corrected chi connectivity index (χ0v) is 12.1. The summed E-state index contributed by atoms with van der Waals surface area (Å²) in [4.78, 5) is 24.5. The van der Waals surface area contributed by atoms with Gasteiger partial charge in [0.05, 0.1) is 6.20 Å². The van der Waals surface area contributed by atoms with E-state index >= 15 is 0 Å². The zero-order chi connectivity index (χ0) is 15.1. The van der Waals surface area contributed by atoms with Crippen LogP contribution in [0.25, 0.3) is 6.08 Å². The van der Waals surface area contributed by atoms with Gasteiger partial charge in [-0.25, -0.2) is 0 Å². The van der Waals surface area contributed by atoms with Crippen molar-refractivity contribution in [3.05, 3.63) is 58.9 Å². The molecule has 1 heterocycles. The summed E-state index contributed by atoms with van der Waals surface area (Å²) in [5, 5.41) is 7.07. The van der Waals surface area contributed by atoms with E-state index in [1.54, 1.807) is 18.3 Å². The third-order valence-corrected chi connectivity index (χ3v) is 4.57. The quantitative estimate of drug-likeness (QED) is 0.861. The first kappa shape index (κ1) is 13.2. The summed E-state index contributed by atoms with van der Waals surface area (Å²) < 4.78 is 0. The van der Waals surface area contributed by atoms with Crippen molar-refractivity contribution in [2.75, 3.05) is 0 Å². The number of Topliss-reactive ketones (excluding diaryl/α,β-unsaturated/α-hetero) is 2. The number of carbonyl (C=O) groups is 2. The maximum Gasteiger partial charge on any atom is 0.163 e. The van der Waals surface area contributed by atoms with Crippen molar-refractivity contribution in [2.45, 2.75) is 25.2 Å². The second-order valence-corrected chi connectivity index (χ2v) is 6.00. The van der Waals surface area contributed by atoms with Crippen LogP contribution in [0.4, 0.5) is 0 Å². The molecule has 4 rings (SSSR count). The first-order valence-corrected chi connectivity index (χ1v) is 7.60. The van der Waals surface area contributed by atoms with Crippen LogP contribution in [-0.2, 0) is 4.79 Å². The molecule has 4 heteroatoms. The number of hydrogen-bond donors (Lipinski definition) is 1. The molecule has 0 radical (unpaired) electrons. The maximum absolute atomic E-state index is 12.5. The Bertz CT molecular complexity index is 773. The highest BCUT2D eigenvalue weighted by Gasteiger charge is 2.47. The highest BCUT2D eigenvalue weighted by Crippen LogP contribution is 2.55. The van der Waals surface area contributed by atoms with Gasteiger partial charge in [-0.2, -0.15) is 5.10 Å². The lowest BCUT2D eigenvalue weighted by Crippen LogP contribution is -2.11. The number of allylic oxidation sites excluding steroid dienone is 1. The van der Waals surface area contributed by atoms with Crippen LogP contribution in [0.15, 0.2) is 42.1 Å². The van der Waals surface area contributed by atoms with Crippen LogP contribution in [0.2, 0.25) is 0 Å². The van der Waals surface area contributed by atoms with Gasteiger partial charge in [0.25, 0.3) is 0 Å². The Hall–Kier alpha value is -2.49. The van der Waals surface area contributed by atoms with E-state index in [2.05, 4.69) is 10.2 Å². The van der Waals surface area contributed by atoms with E-state index in [9.17, 15) is 9.59 Å². The minimum atomic E-state index is 0.0294. The van der Waals surface area contributed by atoms with Crippen molar-refractivity contribution < 1.29 is 9.59 Å². The zero-order valence-electron chi connectivity index (χ0n) is 12.1. The van der Waals surface area contributed by atoms with Crippen LogP contribution in [0.3, 0.4) is 0 Å². The Kier molecular flexibility index (Phi) is 3.03. The normalized spacial score (nSPS) is 21.5. The maximum atomic E-state index is 12.5. The molecule has 1 aromatic heterocycles. The second-order valence-electron chi connectivity index (χ2n) is 6.00. The molecule has 0 bridgehead atoms. The number of H-pyrrole nitrogens is 1. The summed E-state index contributed by atoms with van der Waals surface area (Å²) in [5.41, 5.74) is 3.73. The van der Waals surface area contributed by atoms with Gasteiger partial charge in [0, 0.05) is 35.6 Å². The average molecular weight is 292 g/mol. The number of aromatic nitrogens is 2. The highest BCUT2D eigenvalue weighted by molar-refractivity contribution is 6.05. The fraction of sp³-hybridized carbons (Fsp3) is 0.278. The lowest BCUT2D eigenvalue weighted by Gasteiger charge is -2.11. The van der Waals surface area contributed by atoms with E-state index in [4.69, 9.17) is 0 Å². The predicted molar refractivity (Wildman–Crippen MR) is 82.4 cm³/mol. The second kappa shape index (κ2) is 5.05. The number of aromatic amines is 1. The Balaban J connectivity index is 1.45. The highest BCUT2D eigenvalue weighted by atomic mass is 16.1. The Morgan fingerprint density at radius 1 is 1.09 bits per heavy atom. The number of benzene rings is 1. The van der Waals surface area contributed by atoms with Gasteiger partial charge in [0.15, 0.2) is 11.6 Å². The van der Waals surface area contributed by atoms with Crippen molar-refractivity contribution in [2.24, 2.45) is 5.92 Å². The van der Waals surface area contributed by atoms with Crippen LogP contribution >= 0.6 is 0 Å². The molecule has 0 spiro atoms. The predicted octanol–water partition coefficient (Wildman–Crippen LogP) is 3.14. The molecular formula is C18H16N2O2. The molecule has 0 amide bonds. The molecule has 2 aliphatic carbocycles. The number of fused-ring (bicyclic) bond motifs is 3. The fourth-order valence-electron chi connectivity index (χ4n) is 3.28. The van der Waals surface area contributed by atoms with Gasteiger partial charge in [-0.1, -0.05) is 30.3 Å². The topological polar surface area (TPSA) is 62.8 Å². The molecule has 2 unspecified atom stereocenters. The van der Waals surface area contributed by atoms with Crippen molar-refractivity contribution in [3.63, 3.8) is 0 Å². The van der Waals surface area contributed by atoms with Crippen LogP contribution in [0, 0.1) is 5.92 Å². The van der Waals surface area contributed by atoms with Gasteiger partial charge in [0.2, 0.25) is 0 Å². The third-order valence-electron chi connectivity index (χ3n) is 4.57. The Morgan fingerprint density at radius 3 is 2.68 bits per heavy atom. The lowest BCUT2D eigenvalue weighted by molar-refractivity contribution is -0.115.